The van der Waals surface area contributed by atoms with Gasteiger partial charge in [-0.3, -0.25) is 9.80 Å². The smallest absolute Gasteiger partial charge is 0.0742 e. The van der Waals surface area contributed by atoms with Gasteiger partial charge in [-0.2, -0.15) is 0 Å². The molecule has 0 aromatic carbocycles. The van der Waals surface area contributed by atoms with Gasteiger partial charge in [-0.1, -0.05) is 18.6 Å². The summed E-state index contributed by atoms with van der Waals surface area (Å²) in [6.07, 6.45) is 4.99. The van der Waals surface area contributed by atoms with E-state index in [1.165, 1.54) is 38.9 Å². The quantitative estimate of drug-likeness (QED) is 0.777. The van der Waals surface area contributed by atoms with Crippen LogP contribution in [0.15, 0.2) is 0 Å². The van der Waals surface area contributed by atoms with Crippen LogP contribution in [0.5, 0.6) is 0 Å². The van der Waals surface area contributed by atoms with Crippen LogP contribution in [0.2, 0.25) is 0 Å². The summed E-state index contributed by atoms with van der Waals surface area (Å²) >= 11 is 5.04. The Labute approximate surface area is 110 Å². The molecular weight excluding hydrogens is 230 g/mol. The molecule has 98 valence electrons. The van der Waals surface area contributed by atoms with Crippen molar-refractivity contribution in [2.45, 2.75) is 57.7 Å². The van der Waals surface area contributed by atoms with Crippen molar-refractivity contribution in [3.63, 3.8) is 0 Å². The fourth-order valence-corrected chi connectivity index (χ4v) is 3.64. The van der Waals surface area contributed by atoms with E-state index in [-0.39, 0.29) is 0 Å². The van der Waals surface area contributed by atoms with Gasteiger partial charge in [0.25, 0.3) is 0 Å². The lowest BCUT2D eigenvalue weighted by Crippen LogP contribution is -2.60. The molecular formula is C13H25N3S. The zero-order valence-corrected chi connectivity index (χ0v) is 11.9. The summed E-state index contributed by atoms with van der Waals surface area (Å²) in [7, 11) is 0. The third kappa shape index (κ3) is 3.18. The molecule has 2 aliphatic heterocycles. The van der Waals surface area contributed by atoms with Crippen LogP contribution >= 0.6 is 12.2 Å². The van der Waals surface area contributed by atoms with Gasteiger partial charge in [0.1, 0.15) is 0 Å². The van der Waals surface area contributed by atoms with E-state index in [2.05, 4.69) is 23.6 Å². The van der Waals surface area contributed by atoms with E-state index in [0.29, 0.717) is 17.1 Å². The van der Waals surface area contributed by atoms with Crippen molar-refractivity contribution in [1.82, 2.24) is 9.80 Å². The number of fused-ring (bicyclic) bond motifs is 1. The van der Waals surface area contributed by atoms with Crippen molar-refractivity contribution in [3.05, 3.63) is 0 Å². The SMILES string of the molecule is CC(CC(N)=S)N1CC2CCCCN2CC1C. The molecule has 0 radical (unpaired) electrons. The van der Waals surface area contributed by atoms with E-state index in [9.17, 15) is 0 Å². The standard InChI is InChI=1S/C13H25N3S/c1-10(7-13(14)17)16-9-12-5-3-4-6-15(12)8-11(16)2/h10-12H,3-9H2,1-2H3,(H2,14,17). The number of nitrogens with two attached hydrogens (primary N) is 1. The minimum Gasteiger partial charge on any atom is -0.393 e. The van der Waals surface area contributed by atoms with Gasteiger partial charge in [-0.25, -0.2) is 0 Å². The molecule has 2 rings (SSSR count). The molecule has 0 saturated carbocycles. The average Bonchev–Trinajstić information content (AvgIpc) is 2.27. The highest BCUT2D eigenvalue weighted by molar-refractivity contribution is 7.80. The fraction of sp³-hybridized carbons (Fsp3) is 0.923. The zero-order chi connectivity index (χ0) is 12.4. The fourth-order valence-electron chi connectivity index (χ4n) is 3.40. The van der Waals surface area contributed by atoms with E-state index < -0.39 is 0 Å². The first-order chi connectivity index (χ1) is 8.08. The summed E-state index contributed by atoms with van der Waals surface area (Å²) in [6, 6.07) is 1.90. The lowest BCUT2D eigenvalue weighted by Gasteiger charge is -2.49. The lowest BCUT2D eigenvalue weighted by atomic mass is 9.95. The van der Waals surface area contributed by atoms with Crippen LogP contribution in [0.1, 0.15) is 39.5 Å². The second kappa shape index (κ2) is 5.63. The molecule has 3 nitrogen and oxygen atoms in total. The first kappa shape index (κ1) is 13.2. The second-order valence-corrected chi connectivity index (χ2v) is 6.23. The third-order valence-corrected chi connectivity index (χ3v) is 4.46. The number of piperazine rings is 1. The molecule has 3 unspecified atom stereocenters. The summed E-state index contributed by atoms with van der Waals surface area (Å²) in [4.78, 5) is 5.93. The summed E-state index contributed by atoms with van der Waals surface area (Å²) < 4.78 is 0. The monoisotopic (exact) mass is 255 g/mol. The first-order valence-corrected chi connectivity index (χ1v) is 7.27. The predicted molar refractivity (Wildman–Crippen MR) is 76.2 cm³/mol. The minimum atomic E-state index is 0.492. The van der Waals surface area contributed by atoms with Crippen molar-refractivity contribution in [3.8, 4) is 0 Å². The molecule has 4 heteroatoms. The van der Waals surface area contributed by atoms with Gasteiger partial charge in [0.15, 0.2) is 0 Å². The second-order valence-electron chi connectivity index (χ2n) is 5.71. The van der Waals surface area contributed by atoms with Gasteiger partial charge in [0.2, 0.25) is 0 Å². The van der Waals surface area contributed by atoms with Crippen molar-refractivity contribution in [1.29, 1.82) is 0 Å². The normalized spacial score (nSPS) is 33.1. The Bertz CT molecular complexity index is 282. The third-order valence-electron chi connectivity index (χ3n) is 4.30. The van der Waals surface area contributed by atoms with Gasteiger partial charge >= 0.3 is 0 Å². The molecule has 0 spiro atoms. The number of thiocarbonyl (C=S) groups is 1. The number of hydrogen-bond acceptors (Lipinski definition) is 3. The molecule has 2 fully saturated rings. The van der Waals surface area contributed by atoms with Crippen LogP contribution < -0.4 is 5.73 Å². The van der Waals surface area contributed by atoms with Crippen LogP contribution in [-0.2, 0) is 0 Å². The number of rotatable bonds is 3. The molecule has 0 bridgehead atoms. The van der Waals surface area contributed by atoms with Gasteiger partial charge in [-0.05, 0) is 33.2 Å². The summed E-state index contributed by atoms with van der Waals surface area (Å²) in [6.45, 7) is 8.30. The van der Waals surface area contributed by atoms with Crippen LogP contribution in [0.3, 0.4) is 0 Å². The van der Waals surface area contributed by atoms with E-state index in [1.54, 1.807) is 0 Å². The highest BCUT2D eigenvalue weighted by atomic mass is 32.1. The van der Waals surface area contributed by atoms with Crippen LogP contribution in [0.4, 0.5) is 0 Å². The summed E-state index contributed by atoms with van der Waals surface area (Å²) in [5.74, 6) is 0. The molecule has 17 heavy (non-hydrogen) atoms. The zero-order valence-electron chi connectivity index (χ0n) is 11.1. The maximum absolute atomic E-state index is 5.67. The van der Waals surface area contributed by atoms with E-state index in [0.717, 1.165) is 12.5 Å². The Morgan fingerprint density at radius 3 is 2.88 bits per heavy atom. The predicted octanol–water partition coefficient (Wildman–Crippen LogP) is 1.61. The Morgan fingerprint density at radius 2 is 2.18 bits per heavy atom. The van der Waals surface area contributed by atoms with Crippen molar-refractivity contribution < 1.29 is 0 Å². The topological polar surface area (TPSA) is 32.5 Å². The van der Waals surface area contributed by atoms with Crippen molar-refractivity contribution in [2.24, 2.45) is 5.73 Å². The molecule has 0 amide bonds. The number of hydrogen-bond donors (Lipinski definition) is 1. The Morgan fingerprint density at radius 1 is 1.41 bits per heavy atom. The Balaban J connectivity index is 1.96. The van der Waals surface area contributed by atoms with Gasteiger partial charge in [0.05, 0.1) is 4.99 Å². The van der Waals surface area contributed by atoms with Crippen molar-refractivity contribution in [2.75, 3.05) is 19.6 Å². The lowest BCUT2D eigenvalue weighted by molar-refractivity contribution is -0.00245. The Kier molecular flexibility index (Phi) is 4.39. The van der Waals surface area contributed by atoms with Crippen LogP contribution in [-0.4, -0.2) is 52.5 Å². The summed E-state index contributed by atoms with van der Waals surface area (Å²) in [5.41, 5.74) is 5.67. The van der Waals surface area contributed by atoms with E-state index >= 15 is 0 Å². The molecule has 2 aliphatic rings. The van der Waals surface area contributed by atoms with E-state index in [4.69, 9.17) is 18.0 Å². The molecule has 2 N–H and O–H groups in total. The van der Waals surface area contributed by atoms with Crippen LogP contribution in [0.25, 0.3) is 0 Å². The molecule has 0 aromatic heterocycles. The highest BCUT2D eigenvalue weighted by Gasteiger charge is 2.34. The van der Waals surface area contributed by atoms with Crippen LogP contribution in [0, 0.1) is 0 Å². The summed E-state index contributed by atoms with van der Waals surface area (Å²) in [5, 5.41) is 0. The van der Waals surface area contributed by atoms with Crippen molar-refractivity contribution >= 4 is 17.2 Å². The minimum absolute atomic E-state index is 0.492. The molecule has 0 aromatic rings. The van der Waals surface area contributed by atoms with Gasteiger partial charge < -0.3 is 5.73 Å². The average molecular weight is 255 g/mol. The molecule has 2 saturated heterocycles. The first-order valence-electron chi connectivity index (χ1n) is 6.86. The number of piperidine rings is 1. The highest BCUT2D eigenvalue weighted by Crippen LogP contribution is 2.25. The molecule has 2 heterocycles. The molecule has 0 aliphatic carbocycles. The van der Waals surface area contributed by atoms with Gasteiger partial charge in [0, 0.05) is 37.6 Å². The number of nitrogens with zero attached hydrogens (tertiary/aromatic N) is 2. The maximum atomic E-state index is 5.67. The van der Waals surface area contributed by atoms with E-state index in [1.807, 2.05) is 0 Å². The Hall–Kier alpha value is -0.190. The molecule has 3 atom stereocenters. The van der Waals surface area contributed by atoms with Gasteiger partial charge in [-0.15, -0.1) is 0 Å². The maximum Gasteiger partial charge on any atom is 0.0742 e. The largest absolute Gasteiger partial charge is 0.393 e.